The Labute approximate surface area is 124 Å². The van der Waals surface area contributed by atoms with E-state index in [1.807, 2.05) is 24.1 Å². The van der Waals surface area contributed by atoms with Crippen LogP contribution in [0, 0.1) is 5.92 Å². The fourth-order valence-corrected chi connectivity index (χ4v) is 2.13. The minimum atomic E-state index is 0.545. The maximum Gasteiger partial charge on any atom is 0.0622 e. The van der Waals surface area contributed by atoms with E-state index < -0.39 is 0 Å². The number of nitrogens with zero attached hydrogens (tertiary/aromatic N) is 2. The maximum absolute atomic E-state index is 5.18. The summed E-state index contributed by atoms with van der Waals surface area (Å²) < 4.78 is 5.18. The van der Waals surface area contributed by atoms with Crippen LogP contribution in [0.5, 0.6) is 0 Å². The summed E-state index contributed by atoms with van der Waals surface area (Å²) in [4.78, 5) is 0. The number of hydrogen-bond donors (Lipinski definition) is 0. The Balaban J connectivity index is 5.13. The zero-order valence-corrected chi connectivity index (χ0v) is 13.6. The SMILES string of the molecule is C=C/C(CC)=C(\C=C/C)N(CC(CC)CCOC)N=C. The fraction of sp³-hybridized carbons (Fsp3) is 0.588. The van der Waals surface area contributed by atoms with Crippen LogP contribution in [-0.4, -0.2) is 32.0 Å². The average Bonchev–Trinajstić information content (AvgIpc) is 2.48. The first-order chi connectivity index (χ1) is 9.68. The van der Waals surface area contributed by atoms with Crippen LogP contribution in [-0.2, 0) is 4.74 Å². The monoisotopic (exact) mass is 278 g/mol. The van der Waals surface area contributed by atoms with E-state index in [2.05, 4.69) is 38.3 Å². The molecule has 3 nitrogen and oxygen atoms in total. The smallest absolute Gasteiger partial charge is 0.0622 e. The average molecular weight is 278 g/mol. The normalized spacial score (nSPS) is 14.0. The molecule has 0 saturated heterocycles. The molecular weight excluding hydrogens is 248 g/mol. The highest BCUT2D eigenvalue weighted by atomic mass is 16.5. The molecule has 1 unspecified atom stereocenters. The van der Waals surface area contributed by atoms with Gasteiger partial charge in [0.25, 0.3) is 0 Å². The number of ether oxygens (including phenoxy) is 1. The molecule has 0 bridgehead atoms. The summed E-state index contributed by atoms with van der Waals surface area (Å²) in [7, 11) is 1.74. The summed E-state index contributed by atoms with van der Waals surface area (Å²) in [5.74, 6) is 0.545. The molecule has 0 aromatic carbocycles. The summed E-state index contributed by atoms with van der Waals surface area (Å²) in [6, 6.07) is 0. The lowest BCUT2D eigenvalue weighted by atomic mass is 10.0. The third kappa shape index (κ3) is 6.20. The molecule has 3 heteroatoms. The molecule has 0 aromatic rings. The topological polar surface area (TPSA) is 24.8 Å². The van der Waals surface area contributed by atoms with Crippen molar-refractivity contribution in [1.82, 2.24) is 5.01 Å². The van der Waals surface area contributed by atoms with Crippen molar-refractivity contribution in [2.45, 2.75) is 40.0 Å². The molecule has 0 heterocycles. The van der Waals surface area contributed by atoms with Gasteiger partial charge in [0.2, 0.25) is 0 Å². The van der Waals surface area contributed by atoms with Crippen LogP contribution >= 0.6 is 0 Å². The first-order valence-corrected chi connectivity index (χ1v) is 7.39. The van der Waals surface area contributed by atoms with E-state index in [1.165, 1.54) is 5.57 Å². The maximum atomic E-state index is 5.18. The zero-order chi connectivity index (χ0) is 15.4. The van der Waals surface area contributed by atoms with Crippen molar-refractivity contribution in [3.05, 3.63) is 36.1 Å². The highest BCUT2D eigenvalue weighted by Crippen LogP contribution is 2.20. The third-order valence-electron chi connectivity index (χ3n) is 3.47. The highest BCUT2D eigenvalue weighted by Gasteiger charge is 2.15. The van der Waals surface area contributed by atoms with E-state index in [9.17, 15) is 0 Å². The lowest BCUT2D eigenvalue weighted by Crippen LogP contribution is -2.25. The molecule has 0 aliphatic rings. The van der Waals surface area contributed by atoms with Gasteiger partial charge in [0.05, 0.1) is 5.70 Å². The Hall–Kier alpha value is -1.35. The highest BCUT2D eigenvalue weighted by molar-refractivity contribution is 5.33. The number of hydrogen-bond acceptors (Lipinski definition) is 3. The Morgan fingerprint density at radius 1 is 1.40 bits per heavy atom. The quantitative estimate of drug-likeness (QED) is 0.318. The van der Waals surface area contributed by atoms with E-state index in [0.717, 1.165) is 38.1 Å². The lowest BCUT2D eigenvalue weighted by Gasteiger charge is -2.26. The molecule has 20 heavy (non-hydrogen) atoms. The first-order valence-electron chi connectivity index (χ1n) is 7.39. The van der Waals surface area contributed by atoms with Gasteiger partial charge < -0.3 is 4.74 Å². The number of allylic oxidation sites excluding steroid dienone is 4. The van der Waals surface area contributed by atoms with Gasteiger partial charge in [-0.15, -0.1) is 0 Å². The molecule has 0 aliphatic carbocycles. The van der Waals surface area contributed by atoms with E-state index in [-0.39, 0.29) is 0 Å². The van der Waals surface area contributed by atoms with Gasteiger partial charge in [0.15, 0.2) is 0 Å². The standard InChI is InChI=1S/C17H30N2O/c1-7-11-17(16(9-3)10-4)19(18-5)14-15(8-2)12-13-20-6/h7,9,11,15H,3,5,8,10,12-14H2,1-2,4,6H3/b11-7-,17-16-. The molecule has 0 aliphatic heterocycles. The van der Waals surface area contributed by atoms with Gasteiger partial charge in [0.1, 0.15) is 0 Å². The minimum absolute atomic E-state index is 0.545. The van der Waals surface area contributed by atoms with Crippen LogP contribution in [0.1, 0.15) is 40.0 Å². The zero-order valence-electron chi connectivity index (χ0n) is 13.6. The van der Waals surface area contributed by atoms with Crippen LogP contribution in [0.3, 0.4) is 0 Å². The molecule has 1 atom stereocenters. The minimum Gasteiger partial charge on any atom is -0.385 e. The number of hydrazone groups is 1. The van der Waals surface area contributed by atoms with Gasteiger partial charge >= 0.3 is 0 Å². The van der Waals surface area contributed by atoms with Gasteiger partial charge in [-0.05, 0) is 37.3 Å². The van der Waals surface area contributed by atoms with E-state index >= 15 is 0 Å². The van der Waals surface area contributed by atoms with Crippen molar-refractivity contribution in [2.75, 3.05) is 20.3 Å². The van der Waals surface area contributed by atoms with Crippen LogP contribution in [0.2, 0.25) is 0 Å². The van der Waals surface area contributed by atoms with E-state index in [4.69, 9.17) is 4.74 Å². The molecule has 0 spiro atoms. The van der Waals surface area contributed by atoms with Crippen molar-refractivity contribution >= 4 is 6.72 Å². The second kappa shape index (κ2) is 11.5. The lowest BCUT2D eigenvalue weighted by molar-refractivity contribution is 0.164. The summed E-state index contributed by atoms with van der Waals surface area (Å²) in [5, 5.41) is 6.20. The molecule has 0 fully saturated rings. The van der Waals surface area contributed by atoms with Crippen LogP contribution in [0.4, 0.5) is 0 Å². The predicted molar refractivity (Wildman–Crippen MR) is 88.9 cm³/mol. The van der Waals surface area contributed by atoms with E-state index in [1.54, 1.807) is 7.11 Å². The van der Waals surface area contributed by atoms with Crippen LogP contribution < -0.4 is 0 Å². The predicted octanol–water partition coefficient (Wildman–Crippen LogP) is 4.39. The van der Waals surface area contributed by atoms with Gasteiger partial charge in [-0.2, -0.15) is 5.10 Å². The van der Waals surface area contributed by atoms with Crippen molar-refractivity contribution in [1.29, 1.82) is 0 Å². The Morgan fingerprint density at radius 2 is 2.10 bits per heavy atom. The first kappa shape index (κ1) is 18.7. The number of rotatable bonds is 11. The second-order valence-corrected chi connectivity index (χ2v) is 4.75. The largest absolute Gasteiger partial charge is 0.385 e. The number of methoxy groups -OCH3 is 1. The Bertz CT molecular complexity index is 345. The molecule has 0 amide bonds. The van der Waals surface area contributed by atoms with Crippen molar-refractivity contribution in [2.24, 2.45) is 11.0 Å². The van der Waals surface area contributed by atoms with Crippen LogP contribution in [0.25, 0.3) is 0 Å². The molecule has 0 radical (unpaired) electrons. The van der Waals surface area contributed by atoms with Gasteiger partial charge in [-0.25, -0.2) is 0 Å². The van der Waals surface area contributed by atoms with Crippen molar-refractivity contribution < 1.29 is 4.74 Å². The Morgan fingerprint density at radius 3 is 2.50 bits per heavy atom. The van der Waals surface area contributed by atoms with E-state index in [0.29, 0.717) is 5.92 Å². The molecule has 0 N–H and O–H groups in total. The molecule has 0 saturated carbocycles. The van der Waals surface area contributed by atoms with Crippen molar-refractivity contribution in [3.63, 3.8) is 0 Å². The van der Waals surface area contributed by atoms with Gasteiger partial charge in [-0.3, -0.25) is 5.01 Å². The van der Waals surface area contributed by atoms with Gasteiger partial charge in [-0.1, -0.05) is 39.0 Å². The molecule has 114 valence electrons. The summed E-state index contributed by atoms with van der Waals surface area (Å²) in [5.41, 5.74) is 2.29. The Kier molecular flexibility index (Phi) is 10.7. The summed E-state index contributed by atoms with van der Waals surface area (Å²) >= 11 is 0. The second-order valence-electron chi connectivity index (χ2n) is 4.75. The molecular formula is C17H30N2O. The summed E-state index contributed by atoms with van der Waals surface area (Å²) in [6.45, 7) is 15.6. The summed E-state index contributed by atoms with van der Waals surface area (Å²) in [6.07, 6.45) is 9.10. The van der Waals surface area contributed by atoms with Crippen LogP contribution in [0.15, 0.2) is 41.2 Å². The third-order valence-corrected chi connectivity index (χ3v) is 3.47. The van der Waals surface area contributed by atoms with Gasteiger partial charge in [0, 0.05) is 27.0 Å². The molecule has 0 rings (SSSR count). The fourth-order valence-electron chi connectivity index (χ4n) is 2.13. The van der Waals surface area contributed by atoms with Crippen molar-refractivity contribution in [3.8, 4) is 0 Å². The molecule has 0 aromatic heterocycles.